The van der Waals surface area contributed by atoms with E-state index in [4.69, 9.17) is 10.5 Å². The third kappa shape index (κ3) is 4.42. The Kier molecular flexibility index (Phi) is 6.36. The van der Waals surface area contributed by atoms with Crippen LogP contribution in [0.3, 0.4) is 0 Å². The zero-order valence-corrected chi connectivity index (χ0v) is 12.4. The predicted octanol–water partition coefficient (Wildman–Crippen LogP) is 3.04. The lowest BCUT2D eigenvalue weighted by Gasteiger charge is -2.22. The molecule has 0 aliphatic heterocycles. The molecule has 100 valence electrons. The van der Waals surface area contributed by atoms with E-state index in [2.05, 4.69) is 22.9 Å². The maximum atomic E-state index is 11.8. The number of halogens is 1. The molecular weight excluding hydrogens is 294 g/mol. The number of nitrogens with two attached hydrogens (primary N) is 1. The summed E-state index contributed by atoms with van der Waals surface area (Å²) in [6.07, 6.45) is 1.61. The van der Waals surface area contributed by atoms with Gasteiger partial charge in [0.15, 0.2) is 0 Å². The first-order valence-corrected chi connectivity index (χ1v) is 7.00. The number of carbonyl (C=O) groups is 1. The Balaban J connectivity index is 2.79. The zero-order chi connectivity index (χ0) is 13.5. The van der Waals surface area contributed by atoms with Gasteiger partial charge in [0.05, 0.1) is 13.0 Å². The van der Waals surface area contributed by atoms with Gasteiger partial charge in [0.25, 0.3) is 0 Å². The van der Waals surface area contributed by atoms with E-state index < -0.39 is 0 Å². The van der Waals surface area contributed by atoms with Crippen LogP contribution in [0.2, 0.25) is 0 Å². The molecule has 3 nitrogen and oxygen atoms in total. The van der Waals surface area contributed by atoms with Crippen molar-refractivity contribution in [1.29, 1.82) is 0 Å². The van der Waals surface area contributed by atoms with E-state index in [9.17, 15) is 4.79 Å². The Labute approximate surface area is 117 Å². The average Bonchev–Trinajstić information content (AvgIpc) is 2.39. The molecular formula is C14H20BrNO2. The summed E-state index contributed by atoms with van der Waals surface area (Å²) in [7, 11) is 1.41. The number of esters is 1. The third-order valence-corrected chi connectivity index (χ3v) is 3.46. The van der Waals surface area contributed by atoms with Gasteiger partial charge in [-0.15, -0.1) is 0 Å². The van der Waals surface area contributed by atoms with Crippen molar-refractivity contribution in [3.05, 3.63) is 35.9 Å². The Morgan fingerprint density at radius 1 is 1.33 bits per heavy atom. The molecule has 0 saturated carbocycles. The van der Waals surface area contributed by atoms with Gasteiger partial charge in [0.2, 0.25) is 0 Å². The lowest BCUT2D eigenvalue weighted by molar-refractivity contribution is -0.146. The molecule has 18 heavy (non-hydrogen) atoms. The van der Waals surface area contributed by atoms with Crippen LogP contribution in [0, 0.1) is 5.92 Å². The molecule has 1 rings (SSSR count). The van der Waals surface area contributed by atoms with E-state index >= 15 is 0 Å². The summed E-state index contributed by atoms with van der Waals surface area (Å²) in [6, 6.07) is 9.36. The van der Waals surface area contributed by atoms with Gasteiger partial charge in [-0.05, 0) is 18.4 Å². The van der Waals surface area contributed by atoms with Crippen LogP contribution >= 0.6 is 15.9 Å². The molecule has 0 spiro atoms. The standard InChI is InChI=1S/C14H20BrNO2/c1-10(15)8-9-12(14(17)18-2)13(16)11-6-4-3-5-7-11/h3-7,10,12-13H,8-9,16H2,1-2H3. The highest BCUT2D eigenvalue weighted by molar-refractivity contribution is 9.09. The van der Waals surface area contributed by atoms with Crippen molar-refractivity contribution in [2.24, 2.45) is 11.7 Å². The Morgan fingerprint density at radius 3 is 2.44 bits per heavy atom. The summed E-state index contributed by atoms with van der Waals surface area (Å²) in [6.45, 7) is 2.06. The van der Waals surface area contributed by atoms with E-state index in [-0.39, 0.29) is 17.9 Å². The van der Waals surface area contributed by atoms with E-state index in [1.54, 1.807) is 0 Å². The largest absolute Gasteiger partial charge is 0.469 e. The van der Waals surface area contributed by atoms with Crippen molar-refractivity contribution in [2.45, 2.75) is 30.6 Å². The molecule has 0 bridgehead atoms. The molecule has 0 aromatic heterocycles. The summed E-state index contributed by atoms with van der Waals surface area (Å²) in [4.78, 5) is 12.2. The fourth-order valence-electron chi connectivity index (χ4n) is 1.91. The van der Waals surface area contributed by atoms with Crippen LogP contribution in [0.1, 0.15) is 31.4 Å². The predicted molar refractivity (Wildman–Crippen MR) is 76.5 cm³/mol. The van der Waals surface area contributed by atoms with Crippen LogP contribution in [-0.4, -0.2) is 17.9 Å². The molecule has 0 heterocycles. The fraction of sp³-hybridized carbons (Fsp3) is 0.500. The highest BCUT2D eigenvalue weighted by Crippen LogP contribution is 2.26. The van der Waals surface area contributed by atoms with Gasteiger partial charge in [-0.2, -0.15) is 0 Å². The van der Waals surface area contributed by atoms with Crippen LogP contribution in [-0.2, 0) is 9.53 Å². The molecule has 0 amide bonds. The van der Waals surface area contributed by atoms with Crippen molar-refractivity contribution in [2.75, 3.05) is 7.11 Å². The van der Waals surface area contributed by atoms with Gasteiger partial charge in [0.1, 0.15) is 0 Å². The van der Waals surface area contributed by atoms with Crippen molar-refractivity contribution < 1.29 is 9.53 Å². The summed E-state index contributed by atoms with van der Waals surface area (Å²) >= 11 is 3.49. The number of benzene rings is 1. The van der Waals surface area contributed by atoms with Gasteiger partial charge in [-0.1, -0.05) is 53.2 Å². The number of rotatable bonds is 6. The van der Waals surface area contributed by atoms with Crippen molar-refractivity contribution in [3.8, 4) is 0 Å². The molecule has 0 fully saturated rings. The number of carbonyl (C=O) groups excluding carboxylic acids is 1. The smallest absolute Gasteiger partial charge is 0.310 e. The van der Waals surface area contributed by atoms with E-state index in [1.807, 2.05) is 30.3 Å². The minimum Gasteiger partial charge on any atom is -0.469 e. The van der Waals surface area contributed by atoms with E-state index in [0.29, 0.717) is 4.83 Å². The van der Waals surface area contributed by atoms with Crippen molar-refractivity contribution >= 4 is 21.9 Å². The third-order valence-electron chi connectivity index (χ3n) is 3.00. The Hall–Kier alpha value is -0.870. The molecule has 4 heteroatoms. The summed E-state index contributed by atoms with van der Waals surface area (Å²) in [5, 5.41) is 0. The van der Waals surface area contributed by atoms with Gasteiger partial charge in [0, 0.05) is 10.9 Å². The Bertz CT molecular complexity index is 367. The first kappa shape index (κ1) is 15.2. The molecule has 3 atom stereocenters. The van der Waals surface area contributed by atoms with E-state index in [0.717, 1.165) is 18.4 Å². The van der Waals surface area contributed by atoms with Crippen LogP contribution in [0.4, 0.5) is 0 Å². The van der Waals surface area contributed by atoms with Crippen LogP contribution in [0.5, 0.6) is 0 Å². The molecule has 1 aromatic carbocycles. The number of hydrogen-bond acceptors (Lipinski definition) is 3. The number of ether oxygens (including phenoxy) is 1. The Morgan fingerprint density at radius 2 is 1.94 bits per heavy atom. The second-order valence-corrected chi connectivity index (χ2v) is 5.99. The highest BCUT2D eigenvalue weighted by Gasteiger charge is 2.27. The molecule has 0 aliphatic rings. The van der Waals surface area contributed by atoms with Gasteiger partial charge < -0.3 is 10.5 Å². The quantitative estimate of drug-likeness (QED) is 0.648. The van der Waals surface area contributed by atoms with Crippen LogP contribution < -0.4 is 5.73 Å². The minimum atomic E-state index is -0.315. The van der Waals surface area contributed by atoms with Crippen molar-refractivity contribution in [1.82, 2.24) is 0 Å². The van der Waals surface area contributed by atoms with Gasteiger partial charge in [-0.25, -0.2) is 0 Å². The molecule has 2 N–H and O–H groups in total. The summed E-state index contributed by atoms with van der Waals surface area (Å²) < 4.78 is 4.85. The van der Waals surface area contributed by atoms with Crippen LogP contribution in [0.15, 0.2) is 30.3 Å². The normalized spacial score (nSPS) is 15.8. The molecule has 0 radical (unpaired) electrons. The lowest BCUT2D eigenvalue weighted by atomic mass is 9.89. The zero-order valence-electron chi connectivity index (χ0n) is 10.8. The highest BCUT2D eigenvalue weighted by atomic mass is 79.9. The van der Waals surface area contributed by atoms with Gasteiger partial charge in [-0.3, -0.25) is 4.79 Å². The fourth-order valence-corrected chi connectivity index (χ4v) is 2.18. The molecule has 1 aromatic rings. The molecule has 3 unspecified atom stereocenters. The topological polar surface area (TPSA) is 52.3 Å². The molecule has 0 aliphatic carbocycles. The summed E-state index contributed by atoms with van der Waals surface area (Å²) in [5.41, 5.74) is 7.15. The SMILES string of the molecule is COC(=O)C(CCC(C)Br)C(N)c1ccccc1. The second-order valence-electron chi connectivity index (χ2n) is 4.42. The first-order chi connectivity index (χ1) is 8.56. The number of alkyl halides is 1. The minimum absolute atomic E-state index is 0.237. The van der Waals surface area contributed by atoms with E-state index in [1.165, 1.54) is 7.11 Å². The number of hydrogen-bond donors (Lipinski definition) is 1. The molecule has 0 saturated heterocycles. The number of methoxy groups -OCH3 is 1. The lowest BCUT2D eigenvalue weighted by Crippen LogP contribution is -2.29. The first-order valence-electron chi connectivity index (χ1n) is 6.08. The van der Waals surface area contributed by atoms with Crippen molar-refractivity contribution in [3.63, 3.8) is 0 Å². The second kappa shape index (κ2) is 7.54. The van der Waals surface area contributed by atoms with Gasteiger partial charge >= 0.3 is 5.97 Å². The monoisotopic (exact) mass is 313 g/mol. The summed E-state index contributed by atoms with van der Waals surface area (Å²) in [5.74, 6) is -0.531. The maximum Gasteiger partial charge on any atom is 0.310 e. The maximum absolute atomic E-state index is 11.8. The average molecular weight is 314 g/mol. The van der Waals surface area contributed by atoms with Crippen LogP contribution in [0.25, 0.3) is 0 Å².